The molecule has 0 radical (unpaired) electrons. The lowest BCUT2D eigenvalue weighted by atomic mass is 9.95. The molecule has 0 saturated heterocycles. The van der Waals surface area contributed by atoms with Crippen molar-refractivity contribution in [3.8, 4) is 0 Å². The van der Waals surface area contributed by atoms with E-state index in [0.717, 1.165) is 47.5 Å². The van der Waals surface area contributed by atoms with E-state index in [9.17, 15) is 18.0 Å². The topological polar surface area (TPSA) is 86.8 Å². The van der Waals surface area contributed by atoms with E-state index in [0.29, 0.717) is 26.3 Å². The smallest absolute Gasteiger partial charge is 0.264 e. The highest BCUT2D eigenvalue weighted by atomic mass is 35.5. The second-order valence-electron chi connectivity index (χ2n) is 11.0. The molecule has 1 fully saturated rings. The van der Waals surface area contributed by atoms with Gasteiger partial charge in [0.1, 0.15) is 12.6 Å². The van der Waals surface area contributed by atoms with Gasteiger partial charge in [-0.15, -0.1) is 0 Å². The number of carbonyl (C=O) groups excluding carboxylic acids is 2. The van der Waals surface area contributed by atoms with E-state index < -0.39 is 28.5 Å². The van der Waals surface area contributed by atoms with Gasteiger partial charge in [0.05, 0.1) is 10.6 Å². The Morgan fingerprint density at radius 3 is 2.14 bits per heavy atom. The Labute approximate surface area is 269 Å². The molecule has 43 heavy (non-hydrogen) atoms. The van der Waals surface area contributed by atoms with Gasteiger partial charge in [0.2, 0.25) is 11.8 Å². The molecular weight excluding hydrogens is 629 g/mol. The number of hydrogen-bond acceptors (Lipinski definition) is 4. The maximum absolute atomic E-state index is 14.2. The Kier molecular flexibility index (Phi) is 11.0. The number of nitrogens with one attached hydrogen (secondary N) is 1. The summed E-state index contributed by atoms with van der Waals surface area (Å²) >= 11 is 19.0. The number of nitrogens with zero attached hydrogens (tertiary/aromatic N) is 2. The van der Waals surface area contributed by atoms with Crippen molar-refractivity contribution in [3.63, 3.8) is 0 Å². The van der Waals surface area contributed by atoms with Crippen LogP contribution in [0.2, 0.25) is 15.1 Å². The normalized spacial score (nSPS) is 14.7. The molecule has 1 N–H and O–H groups in total. The van der Waals surface area contributed by atoms with Crippen molar-refractivity contribution in [2.24, 2.45) is 0 Å². The summed E-state index contributed by atoms with van der Waals surface area (Å²) in [6.45, 7) is 4.78. The van der Waals surface area contributed by atoms with Gasteiger partial charge in [-0.1, -0.05) is 66.2 Å². The number of amides is 2. The third-order valence-corrected chi connectivity index (χ3v) is 10.7. The van der Waals surface area contributed by atoms with Crippen LogP contribution in [-0.2, 0) is 26.2 Å². The molecule has 1 atom stereocenters. The predicted octanol–water partition coefficient (Wildman–Crippen LogP) is 7.33. The van der Waals surface area contributed by atoms with Gasteiger partial charge in [-0.05, 0) is 93.3 Å². The molecule has 1 aliphatic carbocycles. The maximum Gasteiger partial charge on any atom is 0.264 e. The number of halogens is 3. The molecule has 11 heteroatoms. The Morgan fingerprint density at radius 2 is 1.53 bits per heavy atom. The Hall–Kier alpha value is -2.78. The minimum atomic E-state index is -4.21. The van der Waals surface area contributed by atoms with Crippen molar-refractivity contribution in [2.75, 3.05) is 10.8 Å². The summed E-state index contributed by atoms with van der Waals surface area (Å²) in [5, 5.41) is 4.14. The van der Waals surface area contributed by atoms with Gasteiger partial charge in [-0.25, -0.2) is 8.42 Å². The van der Waals surface area contributed by atoms with Crippen LogP contribution in [0.5, 0.6) is 0 Å². The molecule has 0 heterocycles. The quantitative estimate of drug-likeness (QED) is 0.246. The maximum atomic E-state index is 14.2. The highest BCUT2D eigenvalue weighted by Gasteiger charge is 2.34. The van der Waals surface area contributed by atoms with Crippen LogP contribution < -0.4 is 9.62 Å². The van der Waals surface area contributed by atoms with Crippen molar-refractivity contribution in [2.45, 2.75) is 76.4 Å². The van der Waals surface area contributed by atoms with Crippen molar-refractivity contribution in [3.05, 3.63) is 92.4 Å². The summed E-state index contributed by atoms with van der Waals surface area (Å²) in [4.78, 5) is 29.0. The number of rotatable bonds is 10. The zero-order valence-corrected chi connectivity index (χ0v) is 27.5. The van der Waals surface area contributed by atoms with Crippen molar-refractivity contribution < 1.29 is 18.0 Å². The zero-order chi connectivity index (χ0) is 31.3. The van der Waals surface area contributed by atoms with E-state index in [1.54, 1.807) is 43.3 Å². The van der Waals surface area contributed by atoms with Crippen LogP contribution in [0.4, 0.5) is 5.69 Å². The van der Waals surface area contributed by atoms with E-state index in [-0.39, 0.29) is 23.4 Å². The van der Waals surface area contributed by atoms with Crippen LogP contribution in [0, 0.1) is 13.8 Å². The molecule has 3 aromatic carbocycles. The first-order valence-electron chi connectivity index (χ1n) is 14.3. The van der Waals surface area contributed by atoms with E-state index >= 15 is 0 Å². The number of aryl methyl sites for hydroxylation is 2. The fourth-order valence-electron chi connectivity index (χ4n) is 5.15. The molecule has 2 amide bonds. The van der Waals surface area contributed by atoms with Crippen LogP contribution in [0.15, 0.2) is 65.6 Å². The average molecular weight is 665 g/mol. The highest BCUT2D eigenvalue weighted by Crippen LogP contribution is 2.30. The summed E-state index contributed by atoms with van der Waals surface area (Å²) in [6, 6.07) is 15.1. The Balaban J connectivity index is 1.73. The molecule has 4 rings (SSSR count). The zero-order valence-electron chi connectivity index (χ0n) is 24.4. The third kappa shape index (κ3) is 8.04. The van der Waals surface area contributed by atoms with Gasteiger partial charge in [-0.2, -0.15) is 0 Å². The standard InChI is InChI=1S/C32H36Cl3N3O4S/c1-21-12-15-26(18-22(21)2)38(43(41,42)27-16-13-24(33)14-17-27)20-31(39)37(19-28-29(34)10-7-11-30(28)35)23(3)32(40)36-25-8-5-4-6-9-25/h7,10-18,23,25H,4-6,8-9,19-20H2,1-3H3,(H,36,40)/t23-/m1/s1. The molecule has 0 aromatic heterocycles. The molecule has 230 valence electrons. The van der Waals surface area contributed by atoms with Crippen LogP contribution in [0.3, 0.4) is 0 Å². The van der Waals surface area contributed by atoms with Crippen LogP contribution in [-0.4, -0.2) is 43.8 Å². The van der Waals surface area contributed by atoms with Gasteiger partial charge in [-0.3, -0.25) is 13.9 Å². The number of carbonyl (C=O) groups is 2. The van der Waals surface area contributed by atoms with Gasteiger partial charge >= 0.3 is 0 Å². The Bertz CT molecular complexity index is 1550. The number of benzene rings is 3. The lowest BCUT2D eigenvalue weighted by Crippen LogP contribution is -2.53. The van der Waals surface area contributed by atoms with Crippen molar-refractivity contribution in [1.82, 2.24) is 10.2 Å². The third-order valence-electron chi connectivity index (χ3n) is 7.97. The van der Waals surface area contributed by atoms with E-state index in [1.165, 1.54) is 29.2 Å². The van der Waals surface area contributed by atoms with Crippen LogP contribution in [0.25, 0.3) is 0 Å². The van der Waals surface area contributed by atoms with Crippen LogP contribution >= 0.6 is 34.8 Å². The van der Waals surface area contributed by atoms with Gasteiger partial charge < -0.3 is 10.2 Å². The summed E-state index contributed by atoms with van der Waals surface area (Å²) in [6.07, 6.45) is 4.95. The van der Waals surface area contributed by atoms with Gasteiger partial charge in [0.15, 0.2) is 0 Å². The van der Waals surface area contributed by atoms with E-state index in [4.69, 9.17) is 34.8 Å². The molecule has 0 unspecified atom stereocenters. The van der Waals surface area contributed by atoms with Gasteiger partial charge in [0, 0.05) is 33.2 Å². The molecular formula is C32H36Cl3N3O4S. The number of anilines is 1. The summed E-state index contributed by atoms with van der Waals surface area (Å²) in [7, 11) is -4.21. The number of sulfonamides is 1. The summed E-state index contributed by atoms with van der Waals surface area (Å²) in [5.74, 6) is -0.903. The molecule has 0 bridgehead atoms. The van der Waals surface area contributed by atoms with Crippen molar-refractivity contribution in [1.29, 1.82) is 0 Å². The molecule has 1 aliphatic rings. The first-order valence-corrected chi connectivity index (χ1v) is 16.8. The SMILES string of the molecule is Cc1ccc(N(CC(=O)N(Cc2c(Cl)cccc2Cl)[C@H](C)C(=O)NC2CCCCC2)S(=O)(=O)c2ccc(Cl)cc2)cc1C. The average Bonchev–Trinajstić information content (AvgIpc) is 2.97. The van der Waals surface area contributed by atoms with Crippen LogP contribution in [0.1, 0.15) is 55.7 Å². The molecule has 3 aromatic rings. The largest absolute Gasteiger partial charge is 0.352 e. The number of hydrogen-bond donors (Lipinski definition) is 1. The monoisotopic (exact) mass is 663 g/mol. The lowest BCUT2D eigenvalue weighted by molar-refractivity contribution is -0.139. The minimum absolute atomic E-state index is 0.0216. The first-order chi connectivity index (χ1) is 20.4. The summed E-state index contributed by atoms with van der Waals surface area (Å²) < 4.78 is 29.1. The van der Waals surface area contributed by atoms with E-state index in [1.807, 2.05) is 13.8 Å². The highest BCUT2D eigenvalue weighted by molar-refractivity contribution is 7.92. The molecule has 0 spiro atoms. The van der Waals surface area contributed by atoms with Gasteiger partial charge in [0.25, 0.3) is 10.0 Å². The fraction of sp³-hybridized carbons (Fsp3) is 0.375. The van der Waals surface area contributed by atoms with E-state index in [2.05, 4.69) is 5.32 Å². The first kappa shape index (κ1) is 33.1. The molecule has 0 aliphatic heterocycles. The minimum Gasteiger partial charge on any atom is -0.352 e. The lowest BCUT2D eigenvalue weighted by Gasteiger charge is -2.33. The molecule has 7 nitrogen and oxygen atoms in total. The Morgan fingerprint density at radius 1 is 0.907 bits per heavy atom. The fourth-order valence-corrected chi connectivity index (χ4v) is 7.20. The van der Waals surface area contributed by atoms with Crippen molar-refractivity contribution >= 4 is 62.3 Å². The predicted molar refractivity (Wildman–Crippen MR) is 173 cm³/mol. The molecule has 1 saturated carbocycles. The second-order valence-corrected chi connectivity index (χ2v) is 14.1. The second kappa shape index (κ2) is 14.3. The summed E-state index contributed by atoms with van der Waals surface area (Å²) in [5.41, 5.74) is 2.62.